The molecule has 1 N–H and O–H groups in total. The lowest BCUT2D eigenvalue weighted by molar-refractivity contribution is 0.481. The highest BCUT2D eigenvalue weighted by Gasteiger charge is 2.09. The molecule has 0 fully saturated rings. The van der Waals surface area contributed by atoms with E-state index in [4.69, 9.17) is 0 Å². The first-order valence-corrected chi connectivity index (χ1v) is 6.52. The number of benzene rings is 2. The maximum atomic E-state index is 12.5. The van der Waals surface area contributed by atoms with Crippen LogP contribution in [0.15, 0.2) is 59.5 Å². The second-order valence-electron chi connectivity index (χ2n) is 4.93. The van der Waals surface area contributed by atoms with Gasteiger partial charge in [-0.2, -0.15) is 0 Å². The van der Waals surface area contributed by atoms with Crippen molar-refractivity contribution in [1.82, 2.24) is 4.57 Å². The van der Waals surface area contributed by atoms with Crippen molar-refractivity contribution in [2.75, 3.05) is 0 Å². The minimum atomic E-state index is -0.0784. The van der Waals surface area contributed by atoms with Crippen LogP contribution < -0.4 is 5.56 Å². The van der Waals surface area contributed by atoms with Gasteiger partial charge in [0.2, 0.25) is 0 Å². The van der Waals surface area contributed by atoms with E-state index < -0.39 is 0 Å². The highest BCUT2D eigenvalue weighted by molar-refractivity contribution is 5.90. The lowest BCUT2D eigenvalue weighted by Crippen LogP contribution is -2.21. The van der Waals surface area contributed by atoms with Gasteiger partial charge in [-0.25, -0.2) is 0 Å². The van der Waals surface area contributed by atoms with Crippen LogP contribution in [0.3, 0.4) is 0 Å². The molecule has 100 valence electrons. The van der Waals surface area contributed by atoms with Gasteiger partial charge in [0.25, 0.3) is 5.56 Å². The fourth-order valence-electron chi connectivity index (χ4n) is 2.54. The van der Waals surface area contributed by atoms with Gasteiger partial charge in [0.15, 0.2) is 0 Å². The van der Waals surface area contributed by atoms with Gasteiger partial charge < -0.3 is 9.67 Å². The SMILES string of the molecule is Cc1cn(Cc2ccccc2)c(=O)c2cccc(O)c12. The predicted octanol–water partition coefficient (Wildman–Crippen LogP) is 3.06. The van der Waals surface area contributed by atoms with Crippen molar-refractivity contribution in [1.29, 1.82) is 0 Å². The van der Waals surface area contributed by atoms with Crippen LogP contribution in [-0.2, 0) is 6.54 Å². The molecule has 0 aliphatic carbocycles. The smallest absolute Gasteiger partial charge is 0.258 e. The zero-order valence-corrected chi connectivity index (χ0v) is 11.2. The maximum Gasteiger partial charge on any atom is 0.258 e. The summed E-state index contributed by atoms with van der Waals surface area (Å²) >= 11 is 0. The lowest BCUT2D eigenvalue weighted by atomic mass is 10.1. The zero-order valence-electron chi connectivity index (χ0n) is 11.2. The molecule has 0 aliphatic rings. The number of hydrogen-bond donors (Lipinski definition) is 1. The Bertz CT molecular complexity index is 820. The summed E-state index contributed by atoms with van der Waals surface area (Å²) in [6.07, 6.45) is 1.80. The van der Waals surface area contributed by atoms with Gasteiger partial charge in [0, 0.05) is 11.6 Å². The molecule has 0 amide bonds. The maximum absolute atomic E-state index is 12.5. The van der Waals surface area contributed by atoms with E-state index in [1.54, 1.807) is 29.0 Å². The number of aryl methyl sites for hydroxylation is 1. The monoisotopic (exact) mass is 265 g/mol. The van der Waals surface area contributed by atoms with E-state index in [1.807, 2.05) is 37.3 Å². The van der Waals surface area contributed by atoms with Crippen molar-refractivity contribution in [2.24, 2.45) is 0 Å². The van der Waals surface area contributed by atoms with Crippen LogP contribution in [0.1, 0.15) is 11.1 Å². The van der Waals surface area contributed by atoms with Crippen molar-refractivity contribution in [3.05, 3.63) is 76.2 Å². The molecule has 0 unspecified atom stereocenters. The van der Waals surface area contributed by atoms with E-state index in [2.05, 4.69) is 0 Å². The molecule has 0 bridgehead atoms. The summed E-state index contributed by atoms with van der Waals surface area (Å²) in [4.78, 5) is 12.5. The van der Waals surface area contributed by atoms with Gasteiger partial charge in [-0.3, -0.25) is 4.79 Å². The minimum absolute atomic E-state index is 0.0784. The molecule has 0 aliphatic heterocycles. The van der Waals surface area contributed by atoms with Crippen LogP contribution in [-0.4, -0.2) is 9.67 Å². The van der Waals surface area contributed by atoms with E-state index in [9.17, 15) is 9.90 Å². The molecule has 0 spiro atoms. The van der Waals surface area contributed by atoms with Crippen LogP contribution in [0.2, 0.25) is 0 Å². The molecular weight excluding hydrogens is 250 g/mol. The fraction of sp³-hybridized carbons (Fsp3) is 0.118. The molecule has 2 aromatic carbocycles. The molecule has 1 heterocycles. The van der Waals surface area contributed by atoms with Gasteiger partial charge in [-0.05, 0) is 30.2 Å². The van der Waals surface area contributed by atoms with E-state index in [0.717, 1.165) is 11.1 Å². The van der Waals surface area contributed by atoms with E-state index in [-0.39, 0.29) is 11.3 Å². The first-order chi connectivity index (χ1) is 9.66. The lowest BCUT2D eigenvalue weighted by Gasteiger charge is -2.11. The average molecular weight is 265 g/mol. The van der Waals surface area contributed by atoms with Crippen LogP contribution in [0.4, 0.5) is 0 Å². The van der Waals surface area contributed by atoms with Crippen LogP contribution in [0.5, 0.6) is 5.75 Å². The second-order valence-corrected chi connectivity index (χ2v) is 4.93. The largest absolute Gasteiger partial charge is 0.507 e. The Morgan fingerprint density at radius 2 is 1.80 bits per heavy atom. The molecule has 3 heteroatoms. The Morgan fingerprint density at radius 1 is 1.05 bits per heavy atom. The number of nitrogens with zero attached hydrogens (tertiary/aromatic N) is 1. The summed E-state index contributed by atoms with van der Waals surface area (Å²) < 4.78 is 1.69. The summed E-state index contributed by atoms with van der Waals surface area (Å²) in [5.74, 6) is 0.156. The number of aromatic nitrogens is 1. The normalized spacial score (nSPS) is 10.8. The third-order valence-electron chi connectivity index (χ3n) is 3.47. The number of phenols is 1. The van der Waals surface area contributed by atoms with Crippen molar-refractivity contribution in [3.63, 3.8) is 0 Å². The Labute approximate surface area is 116 Å². The molecule has 3 aromatic rings. The second kappa shape index (κ2) is 4.85. The van der Waals surface area contributed by atoms with Crippen LogP contribution in [0, 0.1) is 6.92 Å². The van der Waals surface area contributed by atoms with Crippen molar-refractivity contribution < 1.29 is 5.11 Å². The minimum Gasteiger partial charge on any atom is -0.507 e. The molecule has 0 radical (unpaired) electrons. The molecular formula is C17H15NO2. The van der Waals surface area contributed by atoms with E-state index in [0.29, 0.717) is 17.3 Å². The molecule has 0 saturated carbocycles. The third kappa shape index (κ3) is 2.07. The summed E-state index contributed by atoms with van der Waals surface area (Å²) in [6, 6.07) is 14.9. The number of fused-ring (bicyclic) bond motifs is 1. The highest BCUT2D eigenvalue weighted by atomic mass is 16.3. The predicted molar refractivity (Wildman–Crippen MR) is 80.2 cm³/mol. The van der Waals surface area contributed by atoms with Crippen LogP contribution in [0.25, 0.3) is 10.8 Å². The number of hydrogen-bond acceptors (Lipinski definition) is 2. The summed E-state index contributed by atoms with van der Waals surface area (Å²) in [5, 5.41) is 11.1. The molecule has 0 atom stereocenters. The van der Waals surface area contributed by atoms with Crippen molar-refractivity contribution in [3.8, 4) is 5.75 Å². The number of aromatic hydroxyl groups is 1. The Morgan fingerprint density at radius 3 is 2.55 bits per heavy atom. The van der Waals surface area contributed by atoms with Gasteiger partial charge in [-0.1, -0.05) is 36.4 Å². The summed E-state index contributed by atoms with van der Waals surface area (Å²) in [6.45, 7) is 2.44. The fourth-order valence-corrected chi connectivity index (χ4v) is 2.54. The van der Waals surface area contributed by atoms with E-state index >= 15 is 0 Å². The molecule has 0 saturated heterocycles. The summed E-state index contributed by atoms with van der Waals surface area (Å²) in [7, 11) is 0. The van der Waals surface area contributed by atoms with E-state index in [1.165, 1.54) is 0 Å². The van der Waals surface area contributed by atoms with Gasteiger partial charge >= 0.3 is 0 Å². The van der Waals surface area contributed by atoms with Crippen LogP contribution >= 0.6 is 0 Å². The summed E-state index contributed by atoms with van der Waals surface area (Å²) in [5.41, 5.74) is 1.90. The third-order valence-corrected chi connectivity index (χ3v) is 3.47. The molecule has 20 heavy (non-hydrogen) atoms. The molecule has 1 aromatic heterocycles. The van der Waals surface area contributed by atoms with Gasteiger partial charge in [0.05, 0.1) is 11.9 Å². The molecule has 3 rings (SSSR count). The van der Waals surface area contributed by atoms with Crippen molar-refractivity contribution >= 4 is 10.8 Å². The van der Waals surface area contributed by atoms with Gasteiger partial charge in [-0.15, -0.1) is 0 Å². The zero-order chi connectivity index (χ0) is 14.1. The Hall–Kier alpha value is -2.55. The quantitative estimate of drug-likeness (QED) is 0.773. The standard InChI is InChI=1S/C17H15NO2/c1-12-10-18(11-13-6-3-2-4-7-13)17(20)14-8-5-9-15(19)16(12)14/h2-10,19H,11H2,1H3. The average Bonchev–Trinajstić information content (AvgIpc) is 2.45. The number of rotatable bonds is 2. The first kappa shape index (κ1) is 12.5. The highest BCUT2D eigenvalue weighted by Crippen LogP contribution is 2.25. The molecule has 3 nitrogen and oxygen atoms in total. The van der Waals surface area contributed by atoms with Gasteiger partial charge in [0.1, 0.15) is 5.75 Å². The Balaban J connectivity index is 2.19. The number of pyridine rings is 1. The van der Waals surface area contributed by atoms with Crippen molar-refractivity contribution in [2.45, 2.75) is 13.5 Å². The number of phenolic OH excluding ortho intramolecular Hbond substituents is 1. The topological polar surface area (TPSA) is 42.2 Å². The Kier molecular flexibility index (Phi) is 3.03. The first-order valence-electron chi connectivity index (χ1n) is 6.52.